The lowest BCUT2D eigenvalue weighted by Gasteiger charge is -2.36. The van der Waals surface area contributed by atoms with Crippen LogP contribution in [0.1, 0.15) is 36.7 Å². The van der Waals surface area contributed by atoms with Gasteiger partial charge in [-0.2, -0.15) is 0 Å². The Morgan fingerprint density at radius 1 is 1.23 bits per heavy atom. The van der Waals surface area contributed by atoms with Crippen LogP contribution in [0, 0.1) is 0 Å². The smallest absolute Gasteiger partial charge is 0.305 e. The SMILES string of the molecule is CCNC(=NCCCCC(=O)OC)N1CCN(C(=O)c2ccco2)CC1. The molecule has 1 saturated heterocycles. The minimum atomic E-state index is -0.182. The summed E-state index contributed by atoms with van der Waals surface area (Å²) in [5.41, 5.74) is 0. The van der Waals surface area contributed by atoms with E-state index in [4.69, 9.17) is 4.42 Å². The van der Waals surface area contributed by atoms with Crippen molar-refractivity contribution in [3.63, 3.8) is 0 Å². The third-order valence-electron chi connectivity index (χ3n) is 4.21. The van der Waals surface area contributed by atoms with Crippen molar-refractivity contribution in [1.29, 1.82) is 0 Å². The molecule has 8 heteroatoms. The molecule has 0 aromatic carbocycles. The number of furan rings is 1. The Balaban J connectivity index is 1.80. The first-order valence-electron chi connectivity index (χ1n) is 9.08. The van der Waals surface area contributed by atoms with Crippen molar-refractivity contribution in [3.05, 3.63) is 24.2 Å². The standard InChI is InChI=1S/C18H28N4O4/c1-3-19-18(20-9-5-4-8-16(23)25-2)22-12-10-21(11-13-22)17(24)15-7-6-14-26-15/h6-7,14H,3-5,8-13H2,1-2H3,(H,19,20). The van der Waals surface area contributed by atoms with E-state index in [9.17, 15) is 9.59 Å². The van der Waals surface area contributed by atoms with E-state index in [0.29, 0.717) is 31.8 Å². The van der Waals surface area contributed by atoms with Gasteiger partial charge in [-0.1, -0.05) is 0 Å². The molecule has 0 unspecified atom stereocenters. The summed E-state index contributed by atoms with van der Waals surface area (Å²) in [6.45, 7) is 6.18. The van der Waals surface area contributed by atoms with E-state index in [2.05, 4.69) is 19.9 Å². The van der Waals surface area contributed by atoms with Crippen LogP contribution >= 0.6 is 0 Å². The molecule has 144 valence electrons. The van der Waals surface area contributed by atoms with Crippen LogP contribution in [0.15, 0.2) is 27.8 Å². The molecule has 26 heavy (non-hydrogen) atoms. The fourth-order valence-corrected chi connectivity index (χ4v) is 2.77. The molecule has 0 bridgehead atoms. The van der Waals surface area contributed by atoms with E-state index < -0.39 is 0 Å². The molecule has 2 heterocycles. The zero-order chi connectivity index (χ0) is 18.8. The number of carbonyl (C=O) groups excluding carboxylic acids is 2. The number of aliphatic imine (C=N–C) groups is 1. The van der Waals surface area contributed by atoms with Crippen molar-refractivity contribution in [2.45, 2.75) is 26.2 Å². The zero-order valence-corrected chi connectivity index (χ0v) is 15.6. The number of hydrogen-bond acceptors (Lipinski definition) is 5. The first kappa shape index (κ1) is 19.8. The fraction of sp³-hybridized carbons (Fsp3) is 0.611. The summed E-state index contributed by atoms with van der Waals surface area (Å²) in [6, 6.07) is 3.41. The number of ether oxygens (including phenoxy) is 1. The molecule has 1 aliphatic rings. The van der Waals surface area contributed by atoms with Crippen molar-refractivity contribution in [2.75, 3.05) is 46.4 Å². The maximum atomic E-state index is 12.3. The van der Waals surface area contributed by atoms with Crippen LogP contribution in [-0.2, 0) is 9.53 Å². The molecule has 1 amide bonds. The van der Waals surface area contributed by atoms with E-state index in [1.807, 2.05) is 6.92 Å². The average molecular weight is 364 g/mol. The highest BCUT2D eigenvalue weighted by atomic mass is 16.5. The van der Waals surface area contributed by atoms with Gasteiger partial charge in [0.05, 0.1) is 13.4 Å². The van der Waals surface area contributed by atoms with Gasteiger partial charge in [-0.25, -0.2) is 0 Å². The molecule has 0 aliphatic carbocycles. The maximum Gasteiger partial charge on any atom is 0.305 e. The highest BCUT2D eigenvalue weighted by molar-refractivity contribution is 5.91. The Morgan fingerprint density at radius 2 is 1.96 bits per heavy atom. The van der Waals surface area contributed by atoms with E-state index in [1.54, 1.807) is 17.0 Å². The first-order chi connectivity index (χ1) is 12.7. The van der Waals surface area contributed by atoms with Gasteiger partial charge < -0.3 is 24.3 Å². The first-order valence-corrected chi connectivity index (χ1v) is 9.08. The van der Waals surface area contributed by atoms with Crippen molar-refractivity contribution in [3.8, 4) is 0 Å². The minimum absolute atomic E-state index is 0.0700. The quantitative estimate of drug-likeness (QED) is 0.340. The van der Waals surface area contributed by atoms with Crippen molar-refractivity contribution < 1.29 is 18.7 Å². The fourth-order valence-electron chi connectivity index (χ4n) is 2.77. The van der Waals surface area contributed by atoms with Gasteiger partial charge in [0.25, 0.3) is 5.91 Å². The summed E-state index contributed by atoms with van der Waals surface area (Å²) >= 11 is 0. The molecule has 0 saturated carbocycles. The third kappa shape index (κ3) is 5.79. The number of unbranched alkanes of at least 4 members (excludes halogenated alkanes) is 1. The molecular formula is C18H28N4O4. The monoisotopic (exact) mass is 364 g/mol. The number of piperazine rings is 1. The van der Waals surface area contributed by atoms with Gasteiger partial charge in [-0.05, 0) is 31.9 Å². The Bertz CT molecular complexity index is 592. The number of nitrogens with zero attached hydrogens (tertiary/aromatic N) is 3. The Labute approximate surface area is 154 Å². The van der Waals surface area contributed by atoms with Crippen molar-refractivity contribution in [2.24, 2.45) is 4.99 Å². The Kier molecular flexibility index (Phi) is 7.98. The van der Waals surface area contributed by atoms with Gasteiger partial charge in [-0.15, -0.1) is 0 Å². The lowest BCUT2D eigenvalue weighted by atomic mass is 10.2. The van der Waals surface area contributed by atoms with Gasteiger partial charge in [0, 0.05) is 45.7 Å². The topological polar surface area (TPSA) is 87.4 Å². The molecular weight excluding hydrogens is 336 g/mol. The van der Waals surface area contributed by atoms with E-state index in [-0.39, 0.29) is 11.9 Å². The molecule has 8 nitrogen and oxygen atoms in total. The summed E-state index contributed by atoms with van der Waals surface area (Å²) in [4.78, 5) is 32.0. The van der Waals surface area contributed by atoms with Crippen LogP contribution in [0.3, 0.4) is 0 Å². The Morgan fingerprint density at radius 3 is 2.58 bits per heavy atom. The van der Waals surface area contributed by atoms with Crippen LogP contribution in [0.2, 0.25) is 0 Å². The van der Waals surface area contributed by atoms with Crippen LogP contribution < -0.4 is 5.32 Å². The second-order valence-corrected chi connectivity index (χ2v) is 6.03. The van der Waals surface area contributed by atoms with Crippen LogP contribution in [0.25, 0.3) is 0 Å². The summed E-state index contributed by atoms with van der Waals surface area (Å²) in [5, 5.41) is 3.30. The Hall–Kier alpha value is -2.51. The lowest BCUT2D eigenvalue weighted by molar-refractivity contribution is -0.140. The summed E-state index contributed by atoms with van der Waals surface area (Å²) < 4.78 is 9.82. The van der Waals surface area contributed by atoms with Crippen LogP contribution in [-0.4, -0.2) is 74.0 Å². The van der Waals surface area contributed by atoms with Crippen LogP contribution in [0.5, 0.6) is 0 Å². The van der Waals surface area contributed by atoms with Gasteiger partial charge in [0.15, 0.2) is 11.7 Å². The van der Waals surface area contributed by atoms with Gasteiger partial charge in [0.2, 0.25) is 0 Å². The summed E-state index contributed by atoms with van der Waals surface area (Å²) in [6.07, 6.45) is 3.54. The molecule has 1 aromatic heterocycles. The number of hydrogen-bond donors (Lipinski definition) is 1. The minimum Gasteiger partial charge on any atom is -0.469 e. The number of methoxy groups -OCH3 is 1. The van der Waals surface area contributed by atoms with Gasteiger partial charge in [0.1, 0.15) is 0 Å². The molecule has 1 N–H and O–H groups in total. The zero-order valence-electron chi connectivity index (χ0n) is 15.6. The van der Waals surface area contributed by atoms with E-state index in [1.165, 1.54) is 13.4 Å². The predicted octanol–water partition coefficient (Wildman–Crippen LogP) is 1.35. The lowest BCUT2D eigenvalue weighted by Crippen LogP contribution is -2.53. The summed E-state index contributed by atoms with van der Waals surface area (Å²) in [7, 11) is 1.40. The molecule has 0 spiro atoms. The van der Waals surface area contributed by atoms with Gasteiger partial charge in [-0.3, -0.25) is 14.6 Å². The molecule has 1 aliphatic heterocycles. The van der Waals surface area contributed by atoms with Crippen molar-refractivity contribution >= 4 is 17.8 Å². The van der Waals surface area contributed by atoms with Gasteiger partial charge >= 0.3 is 5.97 Å². The second kappa shape index (κ2) is 10.5. The number of carbonyl (C=O) groups is 2. The number of nitrogens with one attached hydrogen (secondary N) is 1. The normalized spacial score (nSPS) is 15.1. The highest BCUT2D eigenvalue weighted by Crippen LogP contribution is 2.10. The molecule has 2 rings (SSSR count). The van der Waals surface area contributed by atoms with E-state index >= 15 is 0 Å². The number of amides is 1. The number of rotatable bonds is 7. The molecule has 0 atom stereocenters. The second-order valence-electron chi connectivity index (χ2n) is 6.03. The number of esters is 1. The molecule has 1 aromatic rings. The summed E-state index contributed by atoms with van der Waals surface area (Å²) in [5.74, 6) is 0.984. The molecule has 0 radical (unpaired) electrons. The predicted molar refractivity (Wildman–Crippen MR) is 98.0 cm³/mol. The van der Waals surface area contributed by atoms with Crippen LogP contribution in [0.4, 0.5) is 0 Å². The number of guanidine groups is 1. The third-order valence-corrected chi connectivity index (χ3v) is 4.21. The largest absolute Gasteiger partial charge is 0.469 e. The van der Waals surface area contributed by atoms with Crippen molar-refractivity contribution in [1.82, 2.24) is 15.1 Å². The van der Waals surface area contributed by atoms with E-state index in [0.717, 1.165) is 38.4 Å². The maximum absolute atomic E-state index is 12.3. The highest BCUT2D eigenvalue weighted by Gasteiger charge is 2.25. The average Bonchev–Trinajstić information content (AvgIpc) is 3.21. The molecule has 1 fully saturated rings.